The number of carbonyl (C=O) groups is 1. The third kappa shape index (κ3) is 4.70. The molecule has 0 radical (unpaired) electrons. The number of halogens is 2. The highest BCUT2D eigenvalue weighted by Gasteiger charge is 2.14. The van der Waals surface area contributed by atoms with Crippen LogP contribution >= 0.6 is 27.5 Å². The summed E-state index contributed by atoms with van der Waals surface area (Å²) in [5.74, 6) is 0.753. The molecular weight excluding hydrogens is 480 g/mol. The molecule has 1 aromatic carbocycles. The average Bonchev–Trinajstić information content (AvgIpc) is 3.17. The van der Waals surface area contributed by atoms with Crippen LogP contribution in [0.25, 0.3) is 16.9 Å². The number of carbonyl (C=O) groups excluding carboxylic acids is 1. The van der Waals surface area contributed by atoms with E-state index in [4.69, 9.17) is 16.6 Å². The number of nitrogens with zero attached hydrogens (tertiary/aromatic N) is 5. The predicted molar refractivity (Wildman–Crippen MR) is 125 cm³/mol. The van der Waals surface area contributed by atoms with Gasteiger partial charge in [-0.05, 0) is 40.5 Å². The molecule has 31 heavy (non-hydrogen) atoms. The molecule has 0 bridgehead atoms. The molecule has 4 aromatic rings. The Kier molecular flexibility index (Phi) is 6.48. The molecule has 0 aliphatic heterocycles. The SMILES string of the molecule is CN(CCCNc1cc(-c2ccccc2Cl)nc2c(Br)cnn12)C(=O)c1cccnc1. The van der Waals surface area contributed by atoms with E-state index in [2.05, 4.69) is 31.3 Å². The Morgan fingerprint density at radius 2 is 2.06 bits per heavy atom. The van der Waals surface area contributed by atoms with Gasteiger partial charge in [-0.3, -0.25) is 9.78 Å². The first-order valence-corrected chi connectivity index (χ1v) is 10.9. The van der Waals surface area contributed by atoms with Crippen molar-refractivity contribution >= 4 is 44.9 Å². The van der Waals surface area contributed by atoms with Gasteiger partial charge in [0.15, 0.2) is 5.65 Å². The number of fused-ring (bicyclic) bond motifs is 1. The minimum absolute atomic E-state index is 0.0450. The van der Waals surface area contributed by atoms with E-state index in [1.54, 1.807) is 47.2 Å². The zero-order valence-electron chi connectivity index (χ0n) is 16.8. The van der Waals surface area contributed by atoms with Crippen LogP contribution in [-0.2, 0) is 0 Å². The van der Waals surface area contributed by atoms with Gasteiger partial charge in [-0.1, -0.05) is 29.8 Å². The van der Waals surface area contributed by atoms with Crippen LogP contribution in [-0.4, -0.2) is 50.5 Å². The molecule has 3 heterocycles. The van der Waals surface area contributed by atoms with Gasteiger partial charge in [0.1, 0.15) is 5.82 Å². The second-order valence-corrected chi connectivity index (χ2v) is 8.24. The van der Waals surface area contributed by atoms with Gasteiger partial charge in [-0.25, -0.2) is 4.98 Å². The molecule has 7 nitrogen and oxygen atoms in total. The number of benzene rings is 1. The van der Waals surface area contributed by atoms with E-state index in [0.717, 1.165) is 28.0 Å². The Morgan fingerprint density at radius 1 is 1.23 bits per heavy atom. The first-order chi connectivity index (χ1) is 15.0. The first-order valence-electron chi connectivity index (χ1n) is 9.73. The monoisotopic (exact) mass is 498 g/mol. The van der Waals surface area contributed by atoms with Gasteiger partial charge in [0.05, 0.1) is 21.9 Å². The van der Waals surface area contributed by atoms with Crippen LogP contribution in [0.5, 0.6) is 0 Å². The Labute approximate surface area is 193 Å². The number of hydrogen-bond acceptors (Lipinski definition) is 5. The highest BCUT2D eigenvalue weighted by Crippen LogP contribution is 2.30. The smallest absolute Gasteiger partial charge is 0.255 e. The zero-order valence-corrected chi connectivity index (χ0v) is 19.1. The van der Waals surface area contributed by atoms with E-state index in [9.17, 15) is 4.79 Å². The molecule has 1 amide bonds. The van der Waals surface area contributed by atoms with E-state index < -0.39 is 0 Å². The number of aromatic nitrogens is 4. The molecule has 0 spiro atoms. The highest BCUT2D eigenvalue weighted by molar-refractivity contribution is 9.10. The number of nitrogens with one attached hydrogen (secondary N) is 1. The first kappa shape index (κ1) is 21.3. The fourth-order valence-corrected chi connectivity index (χ4v) is 3.79. The number of anilines is 1. The molecule has 0 atom stereocenters. The van der Waals surface area contributed by atoms with Crippen molar-refractivity contribution in [3.63, 3.8) is 0 Å². The Balaban J connectivity index is 1.47. The summed E-state index contributed by atoms with van der Waals surface area (Å²) < 4.78 is 2.54. The molecule has 0 unspecified atom stereocenters. The number of rotatable bonds is 7. The zero-order chi connectivity index (χ0) is 21.8. The number of hydrogen-bond donors (Lipinski definition) is 1. The third-order valence-electron chi connectivity index (χ3n) is 4.81. The molecule has 4 rings (SSSR count). The lowest BCUT2D eigenvalue weighted by molar-refractivity contribution is 0.0794. The lowest BCUT2D eigenvalue weighted by Gasteiger charge is -2.17. The molecule has 0 saturated carbocycles. The standard InChI is InChI=1S/C22H20BrClN6O/c1-29(22(31)15-6-4-9-25-13-15)11-5-10-26-20-12-19(16-7-2-3-8-18(16)24)28-21-17(23)14-27-30(20)21/h2-4,6-9,12-14,26H,5,10-11H2,1H3. The maximum absolute atomic E-state index is 12.4. The van der Waals surface area contributed by atoms with Crippen molar-refractivity contribution in [2.45, 2.75) is 6.42 Å². The fraction of sp³-hybridized carbons (Fsp3) is 0.182. The summed E-state index contributed by atoms with van der Waals surface area (Å²) in [7, 11) is 1.79. The van der Waals surface area contributed by atoms with Gasteiger partial charge >= 0.3 is 0 Å². The quantitative estimate of drug-likeness (QED) is 0.370. The molecule has 158 valence electrons. The van der Waals surface area contributed by atoms with Crippen LogP contribution < -0.4 is 5.32 Å². The van der Waals surface area contributed by atoms with E-state index in [1.807, 2.05) is 30.3 Å². The summed E-state index contributed by atoms with van der Waals surface area (Å²) in [5, 5.41) is 8.44. The number of pyridine rings is 1. The van der Waals surface area contributed by atoms with E-state index in [1.165, 1.54) is 0 Å². The topological polar surface area (TPSA) is 75.4 Å². The minimum Gasteiger partial charge on any atom is -0.370 e. The van der Waals surface area contributed by atoms with Crippen molar-refractivity contribution in [1.82, 2.24) is 24.5 Å². The van der Waals surface area contributed by atoms with Crippen molar-refractivity contribution in [2.75, 3.05) is 25.5 Å². The van der Waals surface area contributed by atoms with E-state index in [-0.39, 0.29) is 5.91 Å². The normalized spacial score (nSPS) is 10.9. The second-order valence-electron chi connectivity index (χ2n) is 6.98. The second kappa shape index (κ2) is 9.45. The molecule has 0 aliphatic carbocycles. The molecule has 9 heteroatoms. The lowest BCUT2D eigenvalue weighted by Crippen LogP contribution is -2.29. The maximum atomic E-state index is 12.4. The van der Waals surface area contributed by atoms with Gasteiger partial charge in [0.2, 0.25) is 0 Å². The Morgan fingerprint density at radius 3 is 2.84 bits per heavy atom. The van der Waals surface area contributed by atoms with Gasteiger partial charge in [0.25, 0.3) is 5.91 Å². The summed E-state index contributed by atoms with van der Waals surface area (Å²) in [5.41, 5.74) is 2.89. The number of amides is 1. The molecule has 3 aromatic heterocycles. The average molecular weight is 500 g/mol. The third-order valence-corrected chi connectivity index (χ3v) is 5.70. The maximum Gasteiger partial charge on any atom is 0.255 e. The van der Waals surface area contributed by atoms with Crippen molar-refractivity contribution in [1.29, 1.82) is 0 Å². The van der Waals surface area contributed by atoms with Crippen molar-refractivity contribution in [3.05, 3.63) is 76.1 Å². The molecule has 0 saturated heterocycles. The van der Waals surface area contributed by atoms with E-state index in [0.29, 0.717) is 29.3 Å². The summed E-state index contributed by atoms with van der Waals surface area (Å²) in [6, 6.07) is 13.1. The summed E-state index contributed by atoms with van der Waals surface area (Å²) in [6.07, 6.45) is 5.71. The van der Waals surface area contributed by atoms with Gasteiger partial charge in [0, 0.05) is 49.2 Å². The fourth-order valence-electron chi connectivity index (χ4n) is 3.21. The van der Waals surface area contributed by atoms with E-state index >= 15 is 0 Å². The molecule has 0 aliphatic rings. The summed E-state index contributed by atoms with van der Waals surface area (Å²) in [6.45, 7) is 1.26. The molecule has 1 N–H and O–H groups in total. The Hall–Kier alpha value is -2.97. The van der Waals surface area contributed by atoms with Gasteiger partial charge < -0.3 is 10.2 Å². The van der Waals surface area contributed by atoms with Gasteiger partial charge in [-0.2, -0.15) is 9.61 Å². The summed E-state index contributed by atoms with van der Waals surface area (Å²) >= 11 is 9.89. The Bertz CT molecular complexity index is 1210. The van der Waals surface area contributed by atoms with Crippen LogP contribution in [0.2, 0.25) is 5.02 Å². The van der Waals surface area contributed by atoms with Crippen LogP contribution in [0.4, 0.5) is 5.82 Å². The van der Waals surface area contributed by atoms with Crippen LogP contribution in [0.15, 0.2) is 65.5 Å². The van der Waals surface area contributed by atoms with Crippen molar-refractivity contribution in [2.24, 2.45) is 0 Å². The van der Waals surface area contributed by atoms with Crippen molar-refractivity contribution in [3.8, 4) is 11.3 Å². The minimum atomic E-state index is -0.0450. The molecular formula is C22H20BrClN6O. The lowest BCUT2D eigenvalue weighted by atomic mass is 10.1. The van der Waals surface area contributed by atoms with Crippen molar-refractivity contribution < 1.29 is 4.79 Å². The van der Waals surface area contributed by atoms with Crippen LogP contribution in [0.3, 0.4) is 0 Å². The summed E-state index contributed by atoms with van der Waals surface area (Å²) in [4.78, 5) is 22.9. The molecule has 0 fully saturated rings. The van der Waals surface area contributed by atoms with Crippen LogP contribution in [0, 0.1) is 0 Å². The predicted octanol–water partition coefficient (Wildman–Crippen LogP) is 4.78. The van der Waals surface area contributed by atoms with Crippen LogP contribution in [0.1, 0.15) is 16.8 Å². The highest BCUT2D eigenvalue weighted by atomic mass is 79.9. The largest absolute Gasteiger partial charge is 0.370 e. The van der Waals surface area contributed by atoms with Gasteiger partial charge in [-0.15, -0.1) is 0 Å².